The molecule has 2 aliphatic heterocycles. The molecule has 2 aliphatic rings. The molecule has 2 aromatic rings. The second-order valence-corrected chi connectivity index (χ2v) is 6.95. The number of hydrogen-bond donors (Lipinski definition) is 1. The number of aromatic nitrogens is 1. The van der Waals surface area contributed by atoms with E-state index in [1.165, 1.54) is 6.07 Å². The highest BCUT2D eigenvalue weighted by Gasteiger charge is 2.54. The zero-order chi connectivity index (χ0) is 18.0. The van der Waals surface area contributed by atoms with Crippen LogP contribution in [0.15, 0.2) is 48.7 Å². The SMILES string of the molecule is O=C(c1cccc(O)c1)N1CC2(C1)OCC[C@@H]2COCc1ccccn1. The first kappa shape index (κ1) is 17.0. The molecule has 4 rings (SSSR count). The van der Waals surface area contributed by atoms with E-state index in [4.69, 9.17) is 9.47 Å². The van der Waals surface area contributed by atoms with Gasteiger partial charge >= 0.3 is 0 Å². The number of phenols is 1. The summed E-state index contributed by atoms with van der Waals surface area (Å²) in [6.45, 7) is 2.92. The zero-order valence-corrected chi connectivity index (χ0v) is 14.5. The number of aromatic hydroxyl groups is 1. The van der Waals surface area contributed by atoms with Crippen LogP contribution >= 0.6 is 0 Å². The van der Waals surface area contributed by atoms with Crippen molar-refractivity contribution in [3.8, 4) is 5.75 Å². The highest BCUT2D eigenvalue weighted by atomic mass is 16.5. The first-order valence-electron chi connectivity index (χ1n) is 8.86. The number of hydrogen-bond acceptors (Lipinski definition) is 5. The topological polar surface area (TPSA) is 71.9 Å². The van der Waals surface area contributed by atoms with Gasteiger partial charge < -0.3 is 19.5 Å². The highest BCUT2D eigenvalue weighted by Crippen LogP contribution is 2.40. The molecule has 6 heteroatoms. The normalized spacial score (nSPS) is 20.9. The lowest BCUT2D eigenvalue weighted by atomic mass is 9.81. The van der Waals surface area contributed by atoms with Gasteiger partial charge in [0.2, 0.25) is 0 Å². The minimum atomic E-state index is -0.295. The number of rotatable bonds is 5. The van der Waals surface area contributed by atoms with Crippen LogP contribution in [0.25, 0.3) is 0 Å². The van der Waals surface area contributed by atoms with Gasteiger partial charge in [0.15, 0.2) is 0 Å². The molecule has 1 N–H and O–H groups in total. The molecule has 0 bridgehead atoms. The average molecular weight is 354 g/mol. The van der Waals surface area contributed by atoms with E-state index in [1.54, 1.807) is 29.3 Å². The molecule has 2 fully saturated rings. The van der Waals surface area contributed by atoms with Gasteiger partial charge in [-0.25, -0.2) is 0 Å². The molecule has 1 aromatic carbocycles. The van der Waals surface area contributed by atoms with Crippen molar-refractivity contribution < 1.29 is 19.4 Å². The van der Waals surface area contributed by atoms with Gasteiger partial charge in [0, 0.05) is 24.3 Å². The van der Waals surface area contributed by atoms with Crippen LogP contribution in [0, 0.1) is 5.92 Å². The molecule has 0 unspecified atom stereocenters. The maximum atomic E-state index is 12.5. The number of benzene rings is 1. The van der Waals surface area contributed by atoms with Crippen LogP contribution in [-0.2, 0) is 16.1 Å². The number of carbonyl (C=O) groups is 1. The van der Waals surface area contributed by atoms with Gasteiger partial charge in [-0.1, -0.05) is 12.1 Å². The Morgan fingerprint density at radius 2 is 2.19 bits per heavy atom. The highest BCUT2D eigenvalue weighted by molar-refractivity contribution is 5.95. The number of ether oxygens (including phenoxy) is 2. The Bertz CT molecular complexity index is 774. The Labute approximate surface area is 152 Å². The van der Waals surface area contributed by atoms with Gasteiger partial charge in [0.25, 0.3) is 5.91 Å². The monoisotopic (exact) mass is 354 g/mol. The second-order valence-electron chi connectivity index (χ2n) is 6.95. The number of carbonyl (C=O) groups excluding carboxylic acids is 1. The first-order valence-corrected chi connectivity index (χ1v) is 8.86. The molecular weight excluding hydrogens is 332 g/mol. The van der Waals surface area contributed by atoms with Crippen molar-refractivity contribution in [1.29, 1.82) is 0 Å². The minimum absolute atomic E-state index is 0.0739. The van der Waals surface area contributed by atoms with Gasteiger partial charge in [0.05, 0.1) is 32.0 Å². The van der Waals surface area contributed by atoms with E-state index in [9.17, 15) is 9.90 Å². The fraction of sp³-hybridized carbons (Fsp3) is 0.400. The third-order valence-electron chi connectivity index (χ3n) is 5.19. The van der Waals surface area contributed by atoms with Gasteiger partial charge in [-0.15, -0.1) is 0 Å². The fourth-order valence-electron chi connectivity index (χ4n) is 3.72. The number of likely N-dealkylation sites (tertiary alicyclic amines) is 1. The van der Waals surface area contributed by atoms with Crippen molar-refractivity contribution in [3.63, 3.8) is 0 Å². The Morgan fingerprint density at radius 1 is 1.31 bits per heavy atom. The lowest BCUT2D eigenvalue weighted by Crippen LogP contribution is -2.66. The minimum Gasteiger partial charge on any atom is -0.508 e. The molecule has 2 saturated heterocycles. The van der Waals surface area contributed by atoms with E-state index < -0.39 is 0 Å². The second kappa shape index (κ2) is 7.05. The summed E-state index contributed by atoms with van der Waals surface area (Å²) in [5, 5.41) is 9.56. The fourth-order valence-corrected chi connectivity index (χ4v) is 3.72. The van der Waals surface area contributed by atoms with E-state index in [1.807, 2.05) is 18.2 Å². The molecular formula is C20H22N2O4. The predicted molar refractivity (Wildman–Crippen MR) is 94.7 cm³/mol. The van der Waals surface area contributed by atoms with Gasteiger partial charge in [-0.05, 0) is 36.8 Å². The number of phenolic OH excluding ortho intramolecular Hbond substituents is 1. The van der Waals surface area contributed by atoms with E-state index in [0.717, 1.165) is 12.1 Å². The Kier molecular flexibility index (Phi) is 4.61. The summed E-state index contributed by atoms with van der Waals surface area (Å²) in [5.74, 6) is 0.304. The molecule has 0 saturated carbocycles. The van der Waals surface area contributed by atoms with Gasteiger partial charge in [0.1, 0.15) is 11.4 Å². The van der Waals surface area contributed by atoms with Crippen LogP contribution in [0.4, 0.5) is 0 Å². The summed E-state index contributed by atoms with van der Waals surface area (Å²) < 4.78 is 11.8. The van der Waals surface area contributed by atoms with Crippen molar-refractivity contribution in [1.82, 2.24) is 9.88 Å². The average Bonchev–Trinajstić information content (AvgIpc) is 3.05. The smallest absolute Gasteiger partial charge is 0.254 e. The molecule has 136 valence electrons. The summed E-state index contributed by atoms with van der Waals surface area (Å²) in [4.78, 5) is 18.6. The van der Waals surface area contributed by atoms with Crippen molar-refractivity contribution in [2.45, 2.75) is 18.6 Å². The van der Waals surface area contributed by atoms with Crippen LogP contribution in [0.3, 0.4) is 0 Å². The molecule has 1 amide bonds. The van der Waals surface area contributed by atoms with Crippen molar-refractivity contribution in [2.24, 2.45) is 5.92 Å². The van der Waals surface area contributed by atoms with Gasteiger partial charge in [-0.3, -0.25) is 9.78 Å². The lowest BCUT2D eigenvalue weighted by Gasteiger charge is -2.50. The Hall–Kier alpha value is -2.44. The summed E-state index contributed by atoms with van der Waals surface area (Å²) in [5.41, 5.74) is 1.12. The van der Waals surface area contributed by atoms with Crippen LogP contribution in [-0.4, -0.2) is 52.8 Å². The maximum absolute atomic E-state index is 12.5. The molecule has 1 atom stereocenters. The lowest BCUT2D eigenvalue weighted by molar-refractivity contribution is -0.129. The van der Waals surface area contributed by atoms with Crippen LogP contribution in [0.5, 0.6) is 5.75 Å². The van der Waals surface area contributed by atoms with Crippen molar-refractivity contribution in [3.05, 3.63) is 59.9 Å². The summed E-state index contributed by atoms with van der Waals surface area (Å²) in [7, 11) is 0. The molecule has 0 aliphatic carbocycles. The summed E-state index contributed by atoms with van der Waals surface area (Å²) >= 11 is 0. The Morgan fingerprint density at radius 3 is 2.96 bits per heavy atom. The predicted octanol–water partition coefficient (Wildman–Crippen LogP) is 2.24. The maximum Gasteiger partial charge on any atom is 0.254 e. The van der Waals surface area contributed by atoms with Crippen molar-refractivity contribution >= 4 is 5.91 Å². The standard InChI is InChI=1S/C20H22N2O4/c23-18-6-3-4-15(10-18)19(24)22-13-20(14-22)16(7-9-26-20)11-25-12-17-5-1-2-8-21-17/h1-6,8,10,16,23H,7,9,11-14H2/t16-/m1/s1. The molecule has 0 radical (unpaired) electrons. The number of amides is 1. The number of pyridine rings is 1. The molecule has 26 heavy (non-hydrogen) atoms. The summed E-state index contributed by atoms with van der Waals surface area (Å²) in [6, 6.07) is 12.2. The number of nitrogens with zero attached hydrogens (tertiary/aromatic N) is 2. The quantitative estimate of drug-likeness (QED) is 0.892. The molecule has 1 aromatic heterocycles. The van der Waals surface area contributed by atoms with E-state index in [0.29, 0.717) is 38.5 Å². The van der Waals surface area contributed by atoms with E-state index in [-0.39, 0.29) is 23.2 Å². The van der Waals surface area contributed by atoms with Crippen LogP contribution in [0.2, 0.25) is 0 Å². The molecule has 3 heterocycles. The van der Waals surface area contributed by atoms with Gasteiger partial charge in [-0.2, -0.15) is 0 Å². The Balaban J connectivity index is 1.32. The summed E-state index contributed by atoms with van der Waals surface area (Å²) in [6.07, 6.45) is 2.70. The van der Waals surface area contributed by atoms with Crippen LogP contribution < -0.4 is 0 Å². The molecule has 6 nitrogen and oxygen atoms in total. The van der Waals surface area contributed by atoms with E-state index in [2.05, 4.69) is 4.98 Å². The zero-order valence-electron chi connectivity index (χ0n) is 14.5. The van der Waals surface area contributed by atoms with Crippen LogP contribution in [0.1, 0.15) is 22.5 Å². The van der Waals surface area contributed by atoms with Crippen molar-refractivity contribution in [2.75, 3.05) is 26.3 Å². The largest absolute Gasteiger partial charge is 0.508 e. The third-order valence-corrected chi connectivity index (χ3v) is 5.19. The first-order chi connectivity index (χ1) is 12.7. The van der Waals surface area contributed by atoms with E-state index >= 15 is 0 Å². The molecule has 1 spiro atoms. The third kappa shape index (κ3) is 3.30.